The molecule has 0 spiro atoms. The molecule has 1 fully saturated rings. The van der Waals surface area contributed by atoms with Crippen molar-refractivity contribution >= 4 is 11.7 Å². The Balaban J connectivity index is 1.45. The Bertz CT molecular complexity index is 958. The molecule has 1 saturated heterocycles. The Labute approximate surface area is 163 Å². The number of amides is 1. The van der Waals surface area contributed by atoms with E-state index in [-0.39, 0.29) is 11.9 Å². The molecule has 2 aromatic heterocycles. The minimum atomic E-state index is -0.0803. The second-order valence-electron chi connectivity index (χ2n) is 6.90. The van der Waals surface area contributed by atoms with Gasteiger partial charge in [0.1, 0.15) is 17.9 Å². The minimum Gasteiger partial charge on any atom is -0.459 e. The lowest BCUT2D eigenvalue weighted by Gasteiger charge is -2.40. The number of hydrogen-bond donors (Lipinski definition) is 0. The van der Waals surface area contributed by atoms with Crippen LogP contribution in [0.1, 0.15) is 23.0 Å². The molecule has 0 aliphatic carbocycles. The number of aryl methyl sites for hydroxylation is 1. The number of piperazine rings is 1. The fraction of sp³-hybridized carbons (Fsp3) is 0.286. The van der Waals surface area contributed by atoms with Crippen molar-refractivity contribution in [1.29, 1.82) is 0 Å². The molecule has 1 aliphatic heterocycles. The van der Waals surface area contributed by atoms with E-state index in [0.717, 1.165) is 17.1 Å². The van der Waals surface area contributed by atoms with Crippen LogP contribution in [0.15, 0.2) is 59.5 Å². The molecule has 0 N–H and O–H groups in total. The lowest BCUT2D eigenvalue weighted by Crippen LogP contribution is -2.54. The van der Waals surface area contributed by atoms with Crippen LogP contribution in [0.3, 0.4) is 0 Å². The van der Waals surface area contributed by atoms with Gasteiger partial charge in [-0.1, -0.05) is 12.1 Å². The van der Waals surface area contributed by atoms with Crippen molar-refractivity contribution < 1.29 is 13.9 Å². The lowest BCUT2D eigenvalue weighted by molar-refractivity contribution is 0.0641. The summed E-state index contributed by atoms with van der Waals surface area (Å²) in [7, 11) is 0. The zero-order chi connectivity index (χ0) is 19.5. The Kier molecular flexibility index (Phi) is 4.97. The molecule has 1 atom stereocenters. The molecular formula is C21H22N4O3. The molecule has 3 heterocycles. The zero-order valence-electron chi connectivity index (χ0n) is 15.9. The van der Waals surface area contributed by atoms with Crippen LogP contribution in [-0.4, -0.2) is 46.5 Å². The van der Waals surface area contributed by atoms with Crippen LogP contribution in [0.2, 0.25) is 0 Å². The summed E-state index contributed by atoms with van der Waals surface area (Å²) >= 11 is 0. The van der Waals surface area contributed by atoms with E-state index >= 15 is 0 Å². The van der Waals surface area contributed by atoms with Crippen LogP contribution in [0.5, 0.6) is 11.6 Å². The fourth-order valence-electron chi connectivity index (χ4n) is 3.37. The summed E-state index contributed by atoms with van der Waals surface area (Å²) in [6.07, 6.45) is 3.02. The maximum Gasteiger partial charge on any atom is 0.289 e. The van der Waals surface area contributed by atoms with Crippen molar-refractivity contribution in [3.05, 3.63) is 66.4 Å². The quantitative estimate of drug-likeness (QED) is 0.692. The molecule has 3 aromatic rings. The lowest BCUT2D eigenvalue weighted by atomic mass is 10.1. The summed E-state index contributed by atoms with van der Waals surface area (Å²) in [5, 5.41) is 0. The third-order valence-corrected chi connectivity index (χ3v) is 4.78. The summed E-state index contributed by atoms with van der Waals surface area (Å²) in [5.74, 6) is 2.32. The van der Waals surface area contributed by atoms with Gasteiger partial charge in [0.25, 0.3) is 5.91 Å². The van der Waals surface area contributed by atoms with Gasteiger partial charge in [0.15, 0.2) is 5.76 Å². The molecule has 1 unspecified atom stereocenters. The number of carbonyl (C=O) groups is 1. The van der Waals surface area contributed by atoms with Gasteiger partial charge in [0, 0.05) is 31.7 Å². The largest absolute Gasteiger partial charge is 0.459 e. The number of anilines is 1. The van der Waals surface area contributed by atoms with Crippen molar-refractivity contribution in [3.8, 4) is 11.6 Å². The molecule has 144 valence electrons. The molecule has 28 heavy (non-hydrogen) atoms. The van der Waals surface area contributed by atoms with Gasteiger partial charge >= 0.3 is 0 Å². The van der Waals surface area contributed by atoms with Crippen molar-refractivity contribution in [2.24, 2.45) is 0 Å². The van der Waals surface area contributed by atoms with Crippen LogP contribution in [0.4, 0.5) is 5.82 Å². The van der Waals surface area contributed by atoms with Crippen LogP contribution >= 0.6 is 0 Å². The summed E-state index contributed by atoms with van der Waals surface area (Å²) < 4.78 is 11.1. The number of carbonyl (C=O) groups excluding carboxylic acids is 1. The van der Waals surface area contributed by atoms with Gasteiger partial charge in [0.05, 0.1) is 6.26 Å². The average molecular weight is 378 g/mol. The second kappa shape index (κ2) is 7.72. The van der Waals surface area contributed by atoms with Crippen molar-refractivity contribution in [2.75, 3.05) is 24.5 Å². The molecule has 1 aliphatic rings. The Morgan fingerprint density at radius 1 is 1.18 bits per heavy atom. The number of furan rings is 1. The van der Waals surface area contributed by atoms with Crippen molar-refractivity contribution in [1.82, 2.24) is 14.9 Å². The van der Waals surface area contributed by atoms with E-state index in [4.69, 9.17) is 9.15 Å². The van der Waals surface area contributed by atoms with E-state index < -0.39 is 0 Å². The van der Waals surface area contributed by atoms with Crippen LogP contribution in [0.25, 0.3) is 0 Å². The molecule has 0 bridgehead atoms. The van der Waals surface area contributed by atoms with Crippen LogP contribution < -0.4 is 9.64 Å². The van der Waals surface area contributed by atoms with Crippen molar-refractivity contribution in [2.45, 2.75) is 19.9 Å². The van der Waals surface area contributed by atoms with E-state index in [0.29, 0.717) is 31.3 Å². The molecule has 4 rings (SSSR count). The van der Waals surface area contributed by atoms with E-state index in [1.807, 2.05) is 49.1 Å². The first-order valence-electron chi connectivity index (χ1n) is 9.26. The normalized spacial score (nSPS) is 16.9. The predicted molar refractivity (Wildman–Crippen MR) is 105 cm³/mol. The number of aromatic nitrogens is 2. The Morgan fingerprint density at radius 3 is 2.82 bits per heavy atom. The molecule has 7 heteroatoms. The van der Waals surface area contributed by atoms with Gasteiger partial charge in [-0.3, -0.25) is 4.79 Å². The van der Waals surface area contributed by atoms with Gasteiger partial charge in [-0.05, 0) is 43.7 Å². The van der Waals surface area contributed by atoms with Gasteiger partial charge < -0.3 is 19.0 Å². The van der Waals surface area contributed by atoms with Gasteiger partial charge in [0.2, 0.25) is 5.88 Å². The number of rotatable bonds is 4. The number of ether oxygens (including phenoxy) is 1. The highest BCUT2D eigenvalue weighted by Gasteiger charge is 2.30. The van der Waals surface area contributed by atoms with E-state index in [1.165, 1.54) is 12.6 Å². The fourth-order valence-corrected chi connectivity index (χ4v) is 3.37. The highest BCUT2D eigenvalue weighted by Crippen LogP contribution is 2.25. The first-order valence-corrected chi connectivity index (χ1v) is 9.26. The van der Waals surface area contributed by atoms with E-state index in [2.05, 4.69) is 14.9 Å². The maximum absolute atomic E-state index is 12.6. The van der Waals surface area contributed by atoms with Crippen LogP contribution in [-0.2, 0) is 0 Å². The first kappa shape index (κ1) is 18.0. The first-order chi connectivity index (χ1) is 13.6. The molecule has 0 radical (unpaired) electrons. The molecule has 7 nitrogen and oxygen atoms in total. The Morgan fingerprint density at radius 2 is 2.07 bits per heavy atom. The second-order valence-corrected chi connectivity index (χ2v) is 6.90. The van der Waals surface area contributed by atoms with Gasteiger partial charge in [-0.15, -0.1) is 0 Å². The number of benzene rings is 1. The molecule has 1 amide bonds. The highest BCUT2D eigenvalue weighted by molar-refractivity contribution is 5.91. The highest BCUT2D eigenvalue weighted by atomic mass is 16.5. The third-order valence-electron chi connectivity index (χ3n) is 4.78. The van der Waals surface area contributed by atoms with Gasteiger partial charge in [-0.2, -0.15) is 0 Å². The SMILES string of the molecule is Cc1cccc(Oc2cc(N3CCN(C(=O)c4ccco4)C(C)C3)ncn2)c1. The van der Waals surface area contributed by atoms with Gasteiger partial charge in [-0.25, -0.2) is 9.97 Å². The minimum absolute atomic E-state index is 0.0301. The molecule has 1 aromatic carbocycles. The zero-order valence-corrected chi connectivity index (χ0v) is 15.9. The van der Waals surface area contributed by atoms with Crippen LogP contribution in [0, 0.1) is 6.92 Å². The topological polar surface area (TPSA) is 71.7 Å². The number of hydrogen-bond acceptors (Lipinski definition) is 6. The summed E-state index contributed by atoms with van der Waals surface area (Å²) in [5.41, 5.74) is 1.12. The average Bonchev–Trinajstić information content (AvgIpc) is 3.22. The molecular weight excluding hydrogens is 356 g/mol. The summed E-state index contributed by atoms with van der Waals surface area (Å²) in [6, 6.07) is 13.1. The Hall–Kier alpha value is -3.35. The van der Waals surface area contributed by atoms with E-state index in [1.54, 1.807) is 12.1 Å². The predicted octanol–water partition coefficient (Wildman–Crippen LogP) is 3.52. The third kappa shape index (κ3) is 3.83. The monoisotopic (exact) mass is 378 g/mol. The molecule has 0 saturated carbocycles. The summed E-state index contributed by atoms with van der Waals surface area (Å²) in [4.78, 5) is 25.1. The van der Waals surface area contributed by atoms with Crippen molar-refractivity contribution in [3.63, 3.8) is 0 Å². The maximum atomic E-state index is 12.6. The number of nitrogens with zero attached hydrogens (tertiary/aromatic N) is 4. The standard InChI is InChI=1S/C21H22N4O3/c1-15-5-3-6-17(11-15)28-20-12-19(22-14-23-20)24-8-9-25(16(2)13-24)21(26)18-7-4-10-27-18/h3-7,10-12,14,16H,8-9,13H2,1-2H3. The van der Waals surface area contributed by atoms with E-state index in [9.17, 15) is 4.79 Å². The summed E-state index contributed by atoms with van der Waals surface area (Å²) in [6.45, 7) is 5.99. The smallest absolute Gasteiger partial charge is 0.289 e.